The predicted octanol–water partition coefficient (Wildman–Crippen LogP) is 6.51. The zero-order valence-corrected chi connectivity index (χ0v) is 26.3. The van der Waals surface area contributed by atoms with Gasteiger partial charge in [-0.3, -0.25) is 14.7 Å². The number of aromatic nitrogens is 1. The minimum absolute atomic E-state index is 0.0151. The number of fused-ring (bicyclic) bond motifs is 4. The number of aromatic amines is 1. The lowest BCUT2D eigenvalue weighted by Crippen LogP contribution is -2.56. The Bertz CT molecular complexity index is 1560. The fourth-order valence-electron chi connectivity index (χ4n) is 9.77. The number of hydrogen-bond donors (Lipinski definition) is 1. The third-order valence-corrected chi connectivity index (χ3v) is 15.0. The van der Waals surface area contributed by atoms with Gasteiger partial charge >= 0.3 is 4.87 Å². The molecule has 1 aromatic heterocycles. The largest absolute Gasteiger partial charge is 0.456 e. The number of carbonyl (C=O) groups excluding carboxylic acids is 1. The third kappa shape index (κ3) is 3.72. The summed E-state index contributed by atoms with van der Waals surface area (Å²) in [5.41, 5.74) is 3.36. The molecule has 41 heavy (non-hydrogen) atoms. The summed E-state index contributed by atoms with van der Waals surface area (Å²) in [7, 11) is 3.46. The lowest BCUT2D eigenvalue weighted by molar-refractivity contribution is -0.139. The maximum atomic E-state index is 14.8. The van der Waals surface area contributed by atoms with Crippen LogP contribution in [0.4, 0.5) is 0 Å². The Balaban J connectivity index is 1.22. The number of likely N-dealkylation sites (tertiary alicyclic amines) is 1. The van der Waals surface area contributed by atoms with E-state index in [0.717, 1.165) is 49.1 Å². The molecule has 6 heteroatoms. The molecule has 3 aromatic rings. The second-order valence-corrected chi connectivity index (χ2v) is 16.5. The van der Waals surface area contributed by atoms with E-state index < -0.39 is 21.4 Å². The fourth-order valence-corrected chi connectivity index (χ4v) is 12.6. The maximum Gasteiger partial charge on any atom is 0.456 e. The first-order chi connectivity index (χ1) is 19.6. The highest BCUT2D eigenvalue weighted by molar-refractivity contribution is 7.36. The standard InChI is InChI=1S/C35H45N3O2S/c1-32(2)28-15-17-33(3,37(4)5)30(39)35(28,32)29(41-27-13-9-8-12-26(27)36-31(41)40)16-21-38-22-19-34(20-23-38)18-14-24-10-6-7-11-25(24)34/h6-13,28-29H,14-23H2,1-5H3/p+1. The van der Waals surface area contributed by atoms with E-state index in [1.807, 2.05) is 12.1 Å². The van der Waals surface area contributed by atoms with Gasteiger partial charge in [-0.1, -0.05) is 50.2 Å². The van der Waals surface area contributed by atoms with Crippen LogP contribution in [0, 0.1) is 16.7 Å². The molecular weight excluding hydrogens is 526 g/mol. The van der Waals surface area contributed by atoms with Gasteiger partial charge in [-0.15, -0.1) is 0 Å². The van der Waals surface area contributed by atoms with Crippen molar-refractivity contribution >= 4 is 26.5 Å². The van der Waals surface area contributed by atoms with Crippen LogP contribution in [0.3, 0.4) is 0 Å². The average Bonchev–Trinajstić information content (AvgIpc) is 3.18. The van der Waals surface area contributed by atoms with Gasteiger partial charge < -0.3 is 4.90 Å². The molecule has 7 rings (SSSR count). The first-order valence-electron chi connectivity index (χ1n) is 15.7. The Hall–Kier alpha value is -2.28. The first-order valence-corrected chi connectivity index (χ1v) is 17.0. The molecule has 4 aliphatic rings. The molecule has 218 valence electrons. The normalized spacial score (nSPS) is 31.4. The highest BCUT2D eigenvalue weighted by Gasteiger charge is 2.84. The second-order valence-electron chi connectivity index (χ2n) is 14.5. The summed E-state index contributed by atoms with van der Waals surface area (Å²) in [5, 5.41) is 0.0151. The van der Waals surface area contributed by atoms with Gasteiger partial charge in [0.25, 0.3) is 0 Å². The number of para-hydroxylation sites is 1. The molecule has 1 saturated heterocycles. The van der Waals surface area contributed by atoms with Crippen molar-refractivity contribution in [3.63, 3.8) is 0 Å². The quantitative estimate of drug-likeness (QED) is 0.342. The van der Waals surface area contributed by atoms with Gasteiger partial charge in [0.15, 0.2) is 11.0 Å². The van der Waals surface area contributed by atoms with E-state index >= 15 is 0 Å². The summed E-state index contributed by atoms with van der Waals surface area (Å²) in [6.45, 7) is 9.93. The topological polar surface area (TPSA) is 56.4 Å². The molecule has 5 unspecified atom stereocenters. The summed E-state index contributed by atoms with van der Waals surface area (Å²) in [5.74, 6) is 0.722. The van der Waals surface area contributed by atoms with Gasteiger partial charge in [-0.05, 0) is 107 Å². The van der Waals surface area contributed by atoms with Crippen LogP contribution in [0.15, 0.2) is 53.3 Å². The molecule has 2 saturated carbocycles. The van der Waals surface area contributed by atoms with Crippen LogP contribution in [-0.4, -0.2) is 59.8 Å². The molecule has 1 N–H and O–H groups in total. The number of aryl methyl sites for hydroxylation is 1. The number of nitrogens with one attached hydrogen (secondary N) is 1. The number of hydrogen-bond acceptors (Lipinski definition) is 4. The third-order valence-electron chi connectivity index (χ3n) is 12.5. The number of thiazole rings is 1. The number of nitrogens with zero attached hydrogens (tertiary/aromatic N) is 2. The average molecular weight is 573 g/mol. The van der Waals surface area contributed by atoms with Crippen molar-refractivity contribution in [2.45, 2.75) is 81.9 Å². The fraction of sp³-hybridized carbons (Fsp3) is 0.600. The smallest absolute Gasteiger partial charge is 0.303 e. The number of benzene rings is 2. The van der Waals surface area contributed by atoms with Crippen molar-refractivity contribution in [1.29, 1.82) is 0 Å². The molecule has 3 fully saturated rings. The number of rotatable bonds is 6. The molecule has 2 heterocycles. The number of ketones is 1. The monoisotopic (exact) mass is 572 g/mol. The van der Waals surface area contributed by atoms with E-state index in [9.17, 15) is 9.59 Å². The highest BCUT2D eigenvalue weighted by atomic mass is 32.2. The van der Waals surface area contributed by atoms with Gasteiger partial charge in [0, 0.05) is 19.0 Å². The summed E-state index contributed by atoms with van der Waals surface area (Å²) in [4.78, 5) is 36.7. The van der Waals surface area contributed by atoms with Gasteiger partial charge in [-0.2, -0.15) is 0 Å². The number of H-pyrrole nitrogens is 1. The predicted molar refractivity (Wildman–Crippen MR) is 169 cm³/mol. The van der Waals surface area contributed by atoms with Crippen LogP contribution in [0.25, 0.3) is 10.2 Å². The summed E-state index contributed by atoms with van der Waals surface area (Å²) < 4.78 is 1.11. The van der Waals surface area contributed by atoms with E-state index in [0.29, 0.717) is 17.1 Å². The van der Waals surface area contributed by atoms with Crippen molar-refractivity contribution in [3.05, 3.63) is 69.3 Å². The molecule has 2 aromatic carbocycles. The number of piperidine rings is 1. The Morgan fingerprint density at radius 2 is 1.68 bits per heavy atom. The van der Waals surface area contributed by atoms with Crippen molar-refractivity contribution in [3.8, 4) is 0 Å². The zero-order valence-electron chi connectivity index (χ0n) is 25.5. The van der Waals surface area contributed by atoms with E-state index in [2.05, 4.69) is 86.0 Å². The maximum absolute atomic E-state index is 14.8. The Morgan fingerprint density at radius 1 is 0.976 bits per heavy atom. The van der Waals surface area contributed by atoms with E-state index in [1.54, 1.807) is 11.1 Å². The Kier molecular flexibility index (Phi) is 6.29. The van der Waals surface area contributed by atoms with Gasteiger partial charge in [-0.25, -0.2) is 4.79 Å². The molecule has 0 radical (unpaired) electrons. The van der Waals surface area contributed by atoms with Crippen LogP contribution in [0.1, 0.15) is 75.7 Å². The lowest BCUT2D eigenvalue weighted by Gasteiger charge is -2.43. The van der Waals surface area contributed by atoms with E-state index in [1.165, 1.54) is 25.7 Å². The molecular formula is C35H46N3O2S+. The van der Waals surface area contributed by atoms with Crippen molar-refractivity contribution < 1.29 is 4.79 Å². The van der Waals surface area contributed by atoms with Crippen LogP contribution < -0.4 is 4.87 Å². The van der Waals surface area contributed by atoms with Crippen molar-refractivity contribution in [1.82, 2.24) is 14.8 Å². The molecule has 0 bridgehead atoms. The molecule has 3 aliphatic carbocycles. The summed E-state index contributed by atoms with van der Waals surface area (Å²) >= 11 is 0. The van der Waals surface area contributed by atoms with Gasteiger partial charge in [0.1, 0.15) is 5.52 Å². The lowest BCUT2D eigenvalue weighted by atomic mass is 9.71. The SMILES string of the molecule is CN(C)C1(C)CCC2C(C)(C)C2(C(CCN2CCC3(CCc4ccccc43)CC2)[s+]2c(=O)[nH]c3ccccc32)C1=O. The minimum atomic E-state index is -0.652. The van der Waals surface area contributed by atoms with Gasteiger partial charge in [0.2, 0.25) is 4.70 Å². The molecule has 5 atom stereocenters. The van der Waals surface area contributed by atoms with E-state index in [4.69, 9.17) is 0 Å². The van der Waals surface area contributed by atoms with Crippen molar-refractivity contribution in [2.24, 2.45) is 16.7 Å². The highest BCUT2D eigenvalue weighted by Crippen LogP contribution is 2.81. The molecule has 1 aliphatic heterocycles. The van der Waals surface area contributed by atoms with E-state index in [-0.39, 0.29) is 15.5 Å². The second kappa shape index (κ2) is 9.36. The van der Waals surface area contributed by atoms with Gasteiger partial charge in [0.05, 0.1) is 21.4 Å². The Morgan fingerprint density at radius 3 is 2.44 bits per heavy atom. The van der Waals surface area contributed by atoms with Crippen LogP contribution >= 0.6 is 10.5 Å². The number of likely N-dealkylation sites (N-methyl/N-ethyl adjacent to an activating group) is 1. The van der Waals surface area contributed by atoms with Crippen LogP contribution in [-0.2, 0) is 16.6 Å². The minimum Gasteiger partial charge on any atom is -0.303 e. The van der Waals surface area contributed by atoms with Crippen molar-refractivity contribution in [2.75, 3.05) is 33.7 Å². The van der Waals surface area contributed by atoms with Crippen LogP contribution in [0.5, 0.6) is 0 Å². The number of carbonyl (C=O) groups is 1. The first kappa shape index (κ1) is 27.5. The van der Waals surface area contributed by atoms with Crippen LogP contribution in [0.2, 0.25) is 0 Å². The molecule has 5 nitrogen and oxygen atoms in total. The number of Topliss-reactive ketones (excluding diaryl/α,β-unsaturated/α-hetero) is 1. The zero-order chi connectivity index (χ0) is 28.8. The molecule has 1 spiro atoms. The summed E-state index contributed by atoms with van der Waals surface area (Å²) in [6, 6.07) is 17.3. The molecule has 0 amide bonds. The summed E-state index contributed by atoms with van der Waals surface area (Å²) in [6.07, 6.45) is 7.75. The Labute approximate surface area is 247 Å².